The average molecular weight is 1230 g/mol. The highest BCUT2D eigenvalue weighted by Gasteiger charge is 2.86. The summed E-state index contributed by atoms with van der Waals surface area (Å²) in [5.74, 6) is 0.355. The molecule has 8 heteroatoms. The first-order valence-corrected chi connectivity index (χ1v) is 37.2. The molecule has 35 rings (SSSR count). The summed E-state index contributed by atoms with van der Waals surface area (Å²) in [6.07, 6.45) is 10.0. The van der Waals surface area contributed by atoms with Crippen LogP contribution in [0.5, 0.6) is 0 Å². The third kappa shape index (κ3) is 3.06. The van der Waals surface area contributed by atoms with Crippen LogP contribution in [0.4, 0.5) is 0 Å². The van der Waals surface area contributed by atoms with Gasteiger partial charge in [-0.05, 0) is 422 Å². The Morgan fingerprint density at radius 1 is 0.302 bits per heavy atom. The summed E-state index contributed by atoms with van der Waals surface area (Å²) in [6, 6.07) is 0. The van der Waals surface area contributed by atoms with Crippen LogP contribution < -0.4 is 0 Å². The van der Waals surface area contributed by atoms with Gasteiger partial charge in [-0.3, -0.25) is 19.4 Å². The molecule has 0 N–H and O–H groups in total. The summed E-state index contributed by atoms with van der Waals surface area (Å²) in [5.41, 5.74) is 13.9. The normalized spacial score (nSPS) is 28.3. The lowest BCUT2D eigenvalue weighted by molar-refractivity contribution is -0.153. The summed E-state index contributed by atoms with van der Waals surface area (Å²) < 4.78 is 16.1. The first kappa shape index (κ1) is 45.1. The molecule has 8 unspecified atom stereocenters. The second kappa shape index (κ2) is 11.8. The highest BCUT2D eigenvalue weighted by atomic mass is 16.6. The van der Waals surface area contributed by atoms with Gasteiger partial charge in [-0.1, -0.05) is 25.7 Å². The lowest BCUT2D eigenvalue weighted by Gasteiger charge is -2.60. The molecular formula is C88H54N4O4. The lowest BCUT2D eigenvalue weighted by atomic mass is 9.40. The molecule has 8 atom stereocenters. The van der Waals surface area contributed by atoms with E-state index in [9.17, 15) is 0 Å². The molecule has 24 aromatic rings. The Bertz CT molecular complexity index is 7550. The molecule has 0 amide bonds. The quantitative estimate of drug-likeness (QED) is 0.0788. The van der Waals surface area contributed by atoms with Crippen molar-refractivity contribution in [1.29, 1.82) is 0 Å². The number of allylic oxidation sites excluding steroid dienone is 2. The highest BCUT2D eigenvalue weighted by Crippen LogP contribution is 2.94. The number of carbonyl (C=O) groups excluding carboxylic acids is 2. The Balaban J connectivity index is 0.875. The van der Waals surface area contributed by atoms with E-state index in [1.807, 2.05) is 0 Å². The number of nitrogens with zero attached hydrogens (tertiary/aromatic N) is 4. The van der Waals surface area contributed by atoms with Crippen LogP contribution >= 0.6 is 0 Å². The zero-order valence-electron chi connectivity index (χ0n) is 54.0. The van der Waals surface area contributed by atoms with E-state index in [4.69, 9.17) is 9.47 Å². The molecule has 450 valence electrons. The molecule has 2 fully saturated rings. The number of ether oxygens (including phenoxy) is 2. The van der Waals surface area contributed by atoms with Crippen molar-refractivity contribution in [3.8, 4) is 0 Å². The Hall–Kier alpha value is -8.50. The van der Waals surface area contributed by atoms with Gasteiger partial charge >= 0.3 is 11.9 Å². The predicted molar refractivity (Wildman–Crippen MR) is 392 cm³/mol. The molecule has 8 nitrogen and oxygen atoms in total. The van der Waals surface area contributed by atoms with Gasteiger partial charge in [-0.15, -0.1) is 0 Å². The number of esters is 2. The number of carbonyl (C=O) groups is 2. The van der Waals surface area contributed by atoms with Gasteiger partial charge in [0.25, 0.3) is 0 Å². The van der Waals surface area contributed by atoms with E-state index >= 15 is 9.59 Å². The van der Waals surface area contributed by atoms with Gasteiger partial charge in [-0.2, -0.15) is 0 Å². The molecule has 0 heterocycles. The largest absolute Gasteiger partial charge is 0.460 e. The van der Waals surface area contributed by atoms with Crippen molar-refractivity contribution in [3.05, 3.63) is 44.5 Å². The topological polar surface area (TPSA) is 65.6 Å². The number of hydrogen-bond acceptors (Lipinski definition) is 8. The fourth-order valence-electron chi connectivity index (χ4n) is 32.4. The van der Waals surface area contributed by atoms with Crippen molar-refractivity contribution in [3.63, 3.8) is 0 Å². The molecule has 2 saturated carbocycles. The second-order valence-corrected chi connectivity index (χ2v) is 35.8. The van der Waals surface area contributed by atoms with Crippen molar-refractivity contribution < 1.29 is 19.1 Å². The first-order valence-electron chi connectivity index (χ1n) is 37.2. The van der Waals surface area contributed by atoms with Gasteiger partial charge in [0.2, 0.25) is 0 Å². The predicted octanol–water partition coefficient (Wildman–Crippen LogP) is 17.8. The van der Waals surface area contributed by atoms with Crippen molar-refractivity contribution in [1.82, 2.24) is 19.6 Å². The van der Waals surface area contributed by atoms with E-state index in [2.05, 4.69) is 61.9 Å². The lowest BCUT2D eigenvalue weighted by Crippen LogP contribution is -2.61. The van der Waals surface area contributed by atoms with Gasteiger partial charge in [0.05, 0.1) is 23.9 Å². The Morgan fingerprint density at radius 2 is 0.542 bits per heavy atom. The molecule has 11 aliphatic rings. The van der Waals surface area contributed by atoms with E-state index in [1.54, 1.807) is 303 Å². The third-order valence-electron chi connectivity index (χ3n) is 33.1. The van der Waals surface area contributed by atoms with E-state index < -0.39 is 21.7 Å². The minimum absolute atomic E-state index is 0.0462. The Morgan fingerprint density at radius 3 is 0.812 bits per heavy atom. The molecular weight excluding hydrogens is 1180 g/mol. The number of hydrogen-bond donors (Lipinski definition) is 0. The minimum Gasteiger partial charge on any atom is -0.460 e. The first-order chi connectivity index (χ1) is 47.1. The smallest absolute Gasteiger partial charge is 0.320 e. The van der Waals surface area contributed by atoms with E-state index in [0.29, 0.717) is 0 Å². The highest BCUT2D eigenvalue weighted by molar-refractivity contribution is 6.79. The maximum atomic E-state index is 16.1. The van der Waals surface area contributed by atoms with Crippen molar-refractivity contribution >= 4 is 271 Å². The fourth-order valence-corrected chi connectivity index (χ4v) is 32.4. The Labute approximate surface area is 542 Å². The van der Waals surface area contributed by atoms with E-state index in [-0.39, 0.29) is 49.1 Å². The van der Waals surface area contributed by atoms with Crippen LogP contribution in [0.25, 0.3) is 259 Å². The van der Waals surface area contributed by atoms with Crippen LogP contribution in [0.15, 0.2) is 0 Å². The van der Waals surface area contributed by atoms with Gasteiger partial charge < -0.3 is 19.3 Å². The zero-order valence-corrected chi connectivity index (χ0v) is 54.0. The summed E-state index contributed by atoms with van der Waals surface area (Å²) >= 11 is 0. The minimum atomic E-state index is -0.679. The maximum Gasteiger partial charge on any atom is 0.320 e. The standard InChI is InChI=1S/C88H54N4O4/c1-89(2)15-11-17-91(5)21-27(93)95-25-19-23-13-9-7-8-10-14-24-20-26(96-28(94)22-92(6)18-12-16-90(3)4)88-80-68-60-50-42-34-29-30-32-35-39-33(30)41-37-31(29)36-40(34)52(60)58-54-43(36)47-45(37)55-49(41)59-51(39)57-53-44(35)48-46(38(32)42)56(50)70(80)72-62(48)64(53)74-76(82(72)88)83-84-75-73(78(66(58)68)86(24,84)88)63(54)61(47)71-69(55)79-67(59)65(57)77(74)85(23,83)87(25,79)81(71)75/h23-26H,7-22H2,1-6H3. The molecule has 96 heavy (non-hydrogen) atoms. The fraction of sp³-hybridized carbons (Fsp3) is 0.341. The average Bonchev–Trinajstić information content (AvgIpc) is 1.37. The molecule has 0 aromatic heterocycles. The summed E-state index contributed by atoms with van der Waals surface area (Å²) in [6.45, 7) is 4.25. The molecule has 0 radical (unpaired) electrons. The van der Waals surface area contributed by atoms with Gasteiger partial charge in [-0.25, -0.2) is 0 Å². The van der Waals surface area contributed by atoms with Crippen LogP contribution in [-0.4, -0.2) is 125 Å². The third-order valence-corrected chi connectivity index (χ3v) is 33.1. The van der Waals surface area contributed by atoms with E-state index in [0.717, 1.165) is 64.7 Å². The van der Waals surface area contributed by atoms with Crippen LogP contribution in [0.3, 0.4) is 0 Å². The molecule has 0 saturated heterocycles. The summed E-state index contributed by atoms with van der Waals surface area (Å²) in [5, 5.41) is 73.0. The summed E-state index contributed by atoms with van der Waals surface area (Å²) in [4.78, 5) is 41.3. The van der Waals surface area contributed by atoms with Crippen molar-refractivity contribution in [2.45, 2.75) is 98.1 Å². The summed E-state index contributed by atoms with van der Waals surface area (Å²) in [7, 11) is 13.0. The number of rotatable bonds is 14. The van der Waals surface area contributed by atoms with Gasteiger partial charge in [0.15, 0.2) is 0 Å². The molecule has 11 aliphatic carbocycles. The van der Waals surface area contributed by atoms with E-state index in [1.165, 1.54) is 25.7 Å². The molecule has 24 aromatic carbocycles. The number of likely N-dealkylation sites (N-methyl/N-ethyl adjacent to an activating group) is 2. The second-order valence-electron chi connectivity index (χ2n) is 35.8. The SMILES string of the molecule is CN(C)CCCN(C)CC(=O)OC1CC2CCCCCCC3CC(OC(=O)CN(C)CCCN(C)C)C45c6c7c8c9c%10c%11c%12c%13c%14c%15c%16c%17c(c%18c%19c4c4c6c6c8c8c%10c%10c%11c%11c%13c%13c%20c%14c%17c%14c%18c%17c%19c%18c4c4c6c8c6c%10c8c%11c%13c%10c(c%14%20)c%17c%11c%18c4c6c8c%11%10)C35C%16=C7C92C%15%121. The zero-order chi connectivity index (χ0) is 60.8. The molecule has 4 spiro atoms. The Kier molecular flexibility index (Phi) is 5.54. The monoisotopic (exact) mass is 1230 g/mol. The van der Waals surface area contributed by atoms with Crippen molar-refractivity contribution in [2.75, 3.05) is 81.6 Å². The van der Waals surface area contributed by atoms with Crippen molar-refractivity contribution in [2.24, 2.45) is 11.8 Å². The van der Waals surface area contributed by atoms with Crippen LogP contribution in [0.1, 0.15) is 109 Å². The van der Waals surface area contributed by atoms with Gasteiger partial charge in [0.1, 0.15) is 12.2 Å². The van der Waals surface area contributed by atoms with Crippen LogP contribution in [-0.2, 0) is 40.7 Å². The molecule has 4 bridgehead atoms. The van der Waals surface area contributed by atoms with Crippen LogP contribution in [0.2, 0.25) is 0 Å². The number of benzene rings is 16. The van der Waals surface area contributed by atoms with Gasteiger partial charge in [0, 0.05) is 10.8 Å². The molecule has 0 aliphatic heterocycles. The maximum absolute atomic E-state index is 16.1. The van der Waals surface area contributed by atoms with Crippen LogP contribution in [0, 0.1) is 11.8 Å².